The first-order valence-electron chi connectivity index (χ1n) is 8.91. The second kappa shape index (κ2) is 7.74. The number of pyridine rings is 1. The maximum atomic E-state index is 12.0. The molecule has 1 aromatic carbocycles. The zero-order valence-corrected chi connectivity index (χ0v) is 15.1. The molecule has 26 heavy (non-hydrogen) atoms. The fourth-order valence-corrected chi connectivity index (χ4v) is 3.46. The summed E-state index contributed by atoms with van der Waals surface area (Å²) in [6, 6.07) is 9.52. The van der Waals surface area contributed by atoms with Gasteiger partial charge in [0.25, 0.3) is 5.56 Å². The maximum absolute atomic E-state index is 12.0. The molecule has 0 spiro atoms. The van der Waals surface area contributed by atoms with E-state index in [4.69, 9.17) is 9.84 Å². The van der Waals surface area contributed by atoms with Gasteiger partial charge in [0.2, 0.25) is 0 Å². The number of carboxylic acid groups (broad SMARTS) is 1. The smallest absolute Gasteiger partial charge is 0.341 e. The minimum atomic E-state index is -1.21. The van der Waals surface area contributed by atoms with E-state index in [2.05, 4.69) is 9.88 Å². The van der Waals surface area contributed by atoms with E-state index in [0.29, 0.717) is 18.2 Å². The number of methoxy groups -OCH3 is 1. The summed E-state index contributed by atoms with van der Waals surface area (Å²) < 4.78 is 5.41. The number of aromatic amines is 1. The van der Waals surface area contributed by atoms with Crippen LogP contribution in [-0.2, 0) is 11.2 Å². The Balaban J connectivity index is 1.86. The van der Waals surface area contributed by atoms with Crippen LogP contribution in [0.25, 0.3) is 11.3 Å². The number of benzene rings is 1. The molecule has 0 radical (unpaired) electrons. The Kier molecular flexibility index (Phi) is 5.42. The van der Waals surface area contributed by atoms with Crippen LogP contribution in [0.1, 0.15) is 35.7 Å². The van der Waals surface area contributed by atoms with Gasteiger partial charge in [0.15, 0.2) is 0 Å². The Morgan fingerprint density at radius 2 is 1.92 bits per heavy atom. The molecule has 1 aliphatic rings. The quantitative estimate of drug-likeness (QED) is 0.861. The third kappa shape index (κ3) is 3.65. The molecule has 2 aromatic rings. The van der Waals surface area contributed by atoms with Gasteiger partial charge in [0, 0.05) is 25.9 Å². The van der Waals surface area contributed by atoms with E-state index >= 15 is 0 Å². The lowest BCUT2D eigenvalue weighted by Crippen LogP contribution is -2.36. The van der Waals surface area contributed by atoms with E-state index in [0.717, 1.165) is 42.7 Å². The molecule has 2 N–H and O–H groups in total. The number of H-pyrrole nitrogens is 1. The first kappa shape index (κ1) is 18.2. The average molecular weight is 356 g/mol. The molecule has 6 nitrogen and oxygen atoms in total. The van der Waals surface area contributed by atoms with Gasteiger partial charge < -0.3 is 19.7 Å². The lowest BCUT2D eigenvalue weighted by Gasteiger charge is -2.33. The van der Waals surface area contributed by atoms with E-state index in [1.165, 1.54) is 6.07 Å². The molecule has 6 heteroatoms. The number of aromatic nitrogens is 1. The SMILES string of the molecule is CCc1cc(C(=O)O)c(=O)[nH]c1-c1ccc(N2CCC(OC)CC2)cc1. The highest BCUT2D eigenvalue weighted by atomic mass is 16.5. The lowest BCUT2D eigenvalue weighted by molar-refractivity contribution is 0.0694. The molecule has 1 aliphatic heterocycles. The second-order valence-electron chi connectivity index (χ2n) is 6.54. The second-order valence-corrected chi connectivity index (χ2v) is 6.54. The van der Waals surface area contributed by atoms with Crippen molar-refractivity contribution in [2.24, 2.45) is 0 Å². The predicted molar refractivity (Wildman–Crippen MR) is 101 cm³/mol. The first-order chi connectivity index (χ1) is 12.5. The van der Waals surface area contributed by atoms with Crippen LogP contribution in [0.15, 0.2) is 35.1 Å². The fourth-order valence-electron chi connectivity index (χ4n) is 3.46. The zero-order chi connectivity index (χ0) is 18.7. The van der Waals surface area contributed by atoms with Crippen molar-refractivity contribution in [3.63, 3.8) is 0 Å². The summed E-state index contributed by atoms with van der Waals surface area (Å²) >= 11 is 0. The summed E-state index contributed by atoms with van der Waals surface area (Å²) in [7, 11) is 1.76. The van der Waals surface area contributed by atoms with E-state index in [-0.39, 0.29) is 5.56 Å². The number of rotatable bonds is 5. The highest BCUT2D eigenvalue weighted by molar-refractivity contribution is 5.88. The van der Waals surface area contributed by atoms with E-state index in [1.807, 2.05) is 31.2 Å². The van der Waals surface area contributed by atoms with Gasteiger partial charge in [-0.05, 0) is 48.6 Å². The van der Waals surface area contributed by atoms with Crippen molar-refractivity contribution in [2.75, 3.05) is 25.1 Å². The van der Waals surface area contributed by atoms with Gasteiger partial charge >= 0.3 is 5.97 Å². The highest BCUT2D eigenvalue weighted by Crippen LogP contribution is 2.26. The number of nitrogens with zero attached hydrogens (tertiary/aromatic N) is 1. The summed E-state index contributed by atoms with van der Waals surface area (Å²) in [5.41, 5.74) is 2.73. The maximum Gasteiger partial charge on any atom is 0.341 e. The van der Waals surface area contributed by atoms with E-state index < -0.39 is 11.5 Å². The number of anilines is 1. The summed E-state index contributed by atoms with van der Waals surface area (Å²) in [5, 5.41) is 9.13. The first-order valence-corrected chi connectivity index (χ1v) is 8.91. The standard InChI is InChI=1S/C20H24N2O4/c1-3-13-12-17(20(24)25)19(23)21-18(13)14-4-6-15(7-5-14)22-10-8-16(26-2)9-11-22/h4-7,12,16H,3,8-11H2,1-2H3,(H,21,23)(H,24,25). The Labute approximate surface area is 152 Å². The number of hydrogen-bond acceptors (Lipinski definition) is 4. The van der Waals surface area contributed by atoms with Gasteiger partial charge in [-0.1, -0.05) is 19.1 Å². The molecule has 2 heterocycles. The van der Waals surface area contributed by atoms with Crippen LogP contribution < -0.4 is 10.5 Å². The van der Waals surface area contributed by atoms with E-state index in [9.17, 15) is 9.59 Å². The summed E-state index contributed by atoms with van der Waals surface area (Å²) in [6.45, 7) is 3.86. The molecular weight excluding hydrogens is 332 g/mol. The predicted octanol–water partition coefficient (Wildman–Crippen LogP) is 2.92. The Bertz CT molecular complexity index is 834. The van der Waals surface area contributed by atoms with Crippen LogP contribution in [0.4, 0.5) is 5.69 Å². The van der Waals surface area contributed by atoms with E-state index in [1.54, 1.807) is 7.11 Å². The molecular formula is C20H24N2O4. The normalized spacial score (nSPS) is 15.2. The van der Waals surface area contributed by atoms with Crippen molar-refractivity contribution < 1.29 is 14.6 Å². The Morgan fingerprint density at radius 1 is 1.27 bits per heavy atom. The molecule has 1 aromatic heterocycles. The molecule has 1 saturated heterocycles. The van der Waals surface area contributed by atoms with Gasteiger partial charge in [-0.15, -0.1) is 0 Å². The minimum Gasteiger partial charge on any atom is -0.477 e. The highest BCUT2D eigenvalue weighted by Gasteiger charge is 2.19. The topological polar surface area (TPSA) is 82.6 Å². The van der Waals surface area contributed by atoms with Crippen molar-refractivity contribution in [1.82, 2.24) is 4.98 Å². The monoisotopic (exact) mass is 356 g/mol. The molecule has 0 saturated carbocycles. The molecule has 0 aliphatic carbocycles. The number of hydrogen-bond donors (Lipinski definition) is 2. The van der Waals surface area contributed by atoms with Gasteiger partial charge in [-0.3, -0.25) is 4.79 Å². The van der Waals surface area contributed by atoms with Crippen molar-refractivity contribution in [3.8, 4) is 11.3 Å². The third-order valence-electron chi connectivity index (χ3n) is 5.03. The van der Waals surface area contributed by atoms with Crippen LogP contribution in [0.2, 0.25) is 0 Å². The van der Waals surface area contributed by atoms with Crippen molar-refractivity contribution in [3.05, 3.63) is 51.8 Å². The molecule has 0 amide bonds. The number of aryl methyl sites for hydroxylation is 1. The van der Waals surface area contributed by atoms with Gasteiger partial charge in [0.1, 0.15) is 5.56 Å². The van der Waals surface area contributed by atoms with Gasteiger partial charge in [-0.2, -0.15) is 0 Å². The fraction of sp³-hybridized carbons (Fsp3) is 0.400. The van der Waals surface area contributed by atoms with Crippen LogP contribution in [0.3, 0.4) is 0 Å². The molecule has 1 fully saturated rings. The lowest BCUT2D eigenvalue weighted by atomic mass is 10.0. The van der Waals surface area contributed by atoms with Gasteiger partial charge in [-0.25, -0.2) is 4.79 Å². The van der Waals surface area contributed by atoms with Crippen molar-refractivity contribution in [2.45, 2.75) is 32.3 Å². The molecule has 0 unspecified atom stereocenters. The number of nitrogens with one attached hydrogen (secondary N) is 1. The third-order valence-corrected chi connectivity index (χ3v) is 5.03. The molecule has 3 rings (SSSR count). The zero-order valence-electron chi connectivity index (χ0n) is 15.1. The van der Waals surface area contributed by atoms with Crippen molar-refractivity contribution in [1.29, 1.82) is 0 Å². The van der Waals surface area contributed by atoms with Crippen molar-refractivity contribution >= 4 is 11.7 Å². The summed E-state index contributed by atoms with van der Waals surface area (Å²) in [4.78, 5) is 28.3. The number of carboxylic acids is 1. The molecule has 0 bridgehead atoms. The molecule has 138 valence electrons. The molecule has 0 atom stereocenters. The number of piperidine rings is 1. The Hall–Kier alpha value is -2.60. The largest absolute Gasteiger partial charge is 0.477 e. The van der Waals surface area contributed by atoms with Gasteiger partial charge in [0.05, 0.1) is 11.8 Å². The number of carbonyl (C=O) groups is 1. The number of aromatic carboxylic acids is 1. The number of ether oxygens (including phenoxy) is 1. The summed E-state index contributed by atoms with van der Waals surface area (Å²) in [5.74, 6) is -1.21. The van der Waals surface area contributed by atoms with Crippen LogP contribution in [0.5, 0.6) is 0 Å². The summed E-state index contributed by atoms with van der Waals surface area (Å²) in [6.07, 6.45) is 3.01. The van der Waals surface area contributed by atoms with Crippen LogP contribution >= 0.6 is 0 Å². The minimum absolute atomic E-state index is 0.219. The van der Waals surface area contributed by atoms with Crippen LogP contribution in [-0.4, -0.2) is 42.4 Å². The van der Waals surface area contributed by atoms with Crippen LogP contribution in [0, 0.1) is 0 Å². The Morgan fingerprint density at radius 3 is 2.46 bits per heavy atom. The average Bonchev–Trinajstić information content (AvgIpc) is 2.67.